The molecule has 146 valence electrons. The second kappa shape index (κ2) is 7.39. The van der Waals surface area contributed by atoms with Crippen molar-refractivity contribution >= 4 is 17.7 Å². The zero-order valence-corrected chi connectivity index (χ0v) is 18.8. The molecule has 3 heterocycles. The monoisotopic (exact) mass is 372 g/mol. The van der Waals surface area contributed by atoms with E-state index in [1.54, 1.807) is 0 Å². The van der Waals surface area contributed by atoms with Gasteiger partial charge in [-0.1, -0.05) is 77.9 Å². The lowest BCUT2D eigenvalue weighted by molar-refractivity contribution is -0.718. The minimum Gasteiger partial charge on any atom is -0.202 e. The van der Waals surface area contributed by atoms with Crippen molar-refractivity contribution in [1.82, 2.24) is 0 Å². The number of allylic oxidation sites excluding steroid dienone is 3. The van der Waals surface area contributed by atoms with Gasteiger partial charge in [-0.05, 0) is 41.4 Å². The van der Waals surface area contributed by atoms with Crippen LogP contribution in [-0.4, -0.2) is 6.71 Å². The maximum atomic E-state index is 3.85. The van der Waals surface area contributed by atoms with Crippen LogP contribution in [0.1, 0.15) is 66.0 Å². The van der Waals surface area contributed by atoms with Crippen LogP contribution in [0.3, 0.4) is 0 Å². The summed E-state index contributed by atoms with van der Waals surface area (Å²) in [6.07, 6.45) is 8.78. The lowest BCUT2D eigenvalue weighted by Crippen LogP contribution is -2.56. The van der Waals surface area contributed by atoms with Gasteiger partial charge in [0.1, 0.15) is 5.44 Å². The molecule has 0 bridgehead atoms. The van der Waals surface area contributed by atoms with Gasteiger partial charge in [0.15, 0.2) is 6.20 Å². The van der Waals surface area contributed by atoms with Crippen LogP contribution in [0.25, 0.3) is 16.8 Å². The molecule has 2 aliphatic rings. The maximum Gasteiger partial charge on any atom is 0.270 e. The normalized spacial score (nSPS) is 19.7. The number of pyridine rings is 1. The number of benzene rings is 1. The lowest BCUT2D eigenvalue weighted by Gasteiger charge is -2.25. The van der Waals surface area contributed by atoms with Crippen molar-refractivity contribution < 1.29 is 4.57 Å². The first kappa shape index (κ1) is 20.6. The van der Waals surface area contributed by atoms with Crippen LogP contribution in [0.4, 0.5) is 0 Å². The van der Waals surface area contributed by atoms with Crippen LogP contribution in [-0.2, 0) is 10.9 Å². The van der Waals surface area contributed by atoms with E-state index in [4.69, 9.17) is 0 Å². The van der Waals surface area contributed by atoms with Crippen LogP contribution in [0.2, 0.25) is 6.32 Å². The standard InChI is InChI=1S/C24H29BN.C2H6/c1-7-9-17(3)18-10-11-21-20(14-18)22-15-19(23(4,5)6)12-13-26(22)24(8-2)16-25(21)24;1-2/h7,9-15H,1,8,16H2,2-6H3;1-2H3/q+1;/b17-9+;. The molecule has 1 saturated heterocycles. The van der Waals surface area contributed by atoms with E-state index in [9.17, 15) is 0 Å². The van der Waals surface area contributed by atoms with Crippen LogP contribution in [0.15, 0.2) is 55.3 Å². The van der Waals surface area contributed by atoms with E-state index in [-0.39, 0.29) is 5.41 Å². The zero-order chi connectivity index (χ0) is 20.7. The van der Waals surface area contributed by atoms with Crippen molar-refractivity contribution in [2.45, 2.75) is 72.1 Å². The van der Waals surface area contributed by atoms with Crippen molar-refractivity contribution in [2.24, 2.45) is 0 Å². The first-order chi connectivity index (χ1) is 13.3. The van der Waals surface area contributed by atoms with E-state index in [1.165, 1.54) is 46.2 Å². The molecule has 2 heteroatoms. The van der Waals surface area contributed by atoms with E-state index in [2.05, 4.69) is 88.4 Å². The first-order valence-corrected chi connectivity index (χ1v) is 10.8. The van der Waals surface area contributed by atoms with Crippen molar-refractivity contribution in [3.05, 3.63) is 66.4 Å². The number of aromatic nitrogens is 1. The molecule has 1 fully saturated rings. The van der Waals surface area contributed by atoms with Crippen molar-refractivity contribution in [1.29, 1.82) is 0 Å². The highest BCUT2D eigenvalue weighted by Gasteiger charge is 2.68. The summed E-state index contributed by atoms with van der Waals surface area (Å²) >= 11 is 0. The molecule has 0 amide bonds. The Morgan fingerprint density at radius 2 is 1.93 bits per heavy atom. The third kappa shape index (κ3) is 3.17. The number of hydrogen-bond donors (Lipinski definition) is 0. The highest BCUT2D eigenvalue weighted by atomic mass is 15.1. The molecule has 2 aromatic rings. The predicted molar refractivity (Wildman–Crippen MR) is 124 cm³/mol. The Balaban J connectivity index is 0.00000109. The molecule has 28 heavy (non-hydrogen) atoms. The maximum absolute atomic E-state index is 3.85. The molecule has 4 rings (SSSR count). The molecule has 1 unspecified atom stereocenters. The molecule has 0 radical (unpaired) electrons. The molecule has 0 N–H and O–H groups in total. The van der Waals surface area contributed by atoms with Gasteiger partial charge in [-0.3, -0.25) is 0 Å². The highest BCUT2D eigenvalue weighted by molar-refractivity contribution is 6.85. The number of nitrogens with zero attached hydrogens (tertiary/aromatic N) is 1. The molecular weight excluding hydrogens is 337 g/mol. The van der Waals surface area contributed by atoms with Gasteiger partial charge in [-0.25, -0.2) is 4.57 Å². The van der Waals surface area contributed by atoms with Crippen LogP contribution >= 0.6 is 0 Å². The number of fused-ring (bicyclic) bond motifs is 6. The smallest absolute Gasteiger partial charge is 0.202 e. The topological polar surface area (TPSA) is 3.88 Å². The van der Waals surface area contributed by atoms with Gasteiger partial charge >= 0.3 is 0 Å². The molecule has 0 saturated carbocycles. The second-order valence-corrected chi connectivity index (χ2v) is 9.02. The van der Waals surface area contributed by atoms with Gasteiger partial charge in [0, 0.05) is 24.1 Å². The largest absolute Gasteiger partial charge is 0.270 e. The molecule has 1 atom stereocenters. The third-order valence-electron chi connectivity index (χ3n) is 6.49. The van der Waals surface area contributed by atoms with Crippen LogP contribution in [0.5, 0.6) is 0 Å². The zero-order valence-electron chi connectivity index (χ0n) is 18.8. The summed E-state index contributed by atoms with van der Waals surface area (Å²) in [6, 6.07) is 11.8. The van der Waals surface area contributed by atoms with E-state index >= 15 is 0 Å². The van der Waals surface area contributed by atoms with Crippen molar-refractivity contribution in [2.75, 3.05) is 0 Å². The Morgan fingerprint density at radius 1 is 1.21 bits per heavy atom. The Bertz CT molecular complexity index is 932. The average Bonchev–Trinajstić information content (AvgIpc) is 3.45. The predicted octanol–water partition coefficient (Wildman–Crippen LogP) is 5.93. The minimum absolute atomic E-state index is 0.159. The summed E-state index contributed by atoms with van der Waals surface area (Å²) < 4.78 is 2.57. The van der Waals surface area contributed by atoms with Gasteiger partial charge in [0.25, 0.3) is 6.71 Å². The molecule has 1 aromatic carbocycles. The molecule has 0 spiro atoms. The first-order valence-electron chi connectivity index (χ1n) is 10.8. The van der Waals surface area contributed by atoms with Crippen molar-refractivity contribution in [3.63, 3.8) is 0 Å². The molecule has 0 aliphatic carbocycles. The summed E-state index contributed by atoms with van der Waals surface area (Å²) in [7, 11) is 0. The SMILES string of the molecule is C=C/C=C(\C)c1ccc2c(c1)-c1cc(C(C)(C)C)cc[n+]1C1(CC)CB21.CC. The van der Waals surface area contributed by atoms with Gasteiger partial charge in [-0.2, -0.15) is 0 Å². The van der Waals surface area contributed by atoms with E-state index in [1.807, 2.05) is 19.9 Å². The molecule has 1 nitrogen and oxygen atoms in total. The van der Waals surface area contributed by atoms with Gasteiger partial charge < -0.3 is 0 Å². The fraction of sp³-hybridized carbons (Fsp3) is 0.423. The summed E-state index contributed by atoms with van der Waals surface area (Å²) in [4.78, 5) is 0. The summed E-state index contributed by atoms with van der Waals surface area (Å²) in [6.45, 7) is 19.9. The fourth-order valence-corrected chi connectivity index (χ4v) is 4.68. The average molecular weight is 372 g/mol. The second-order valence-electron chi connectivity index (χ2n) is 9.02. The van der Waals surface area contributed by atoms with Gasteiger partial charge in [0.05, 0.1) is 0 Å². The summed E-state index contributed by atoms with van der Waals surface area (Å²) in [5.74, 6) is 0. The van der Waals surface area contributed by atoms with Crippen LogP contribution in [0, 0.1) is 0 Å². The minimum atomic E-state index is 0.159. The fourth-order valence-electron chi connectivity index (χ4n) is 4.68. The summed E-state index contributed by atoms with van der Waals surface area (Å²) in [5.41, 5.74) is 8.76. The van der Waals surface area contributed by atoms with Gasteiger partial charge in [0.2, 0.25) is 5.69 Å². The lowest BCUT2D eigenvalue weighted by atomic mass is 9.54. The van der Waals surface area contributed by atoms with Crippen LogP contribution < -0.4 is 10.0 Å². The van der Waals surface area contributed by atoms with E-state index in [0.717, 1.165) is 0 Å². The Labute approximate surface area is 172 Å². The van der Waals surface area contributed by atoms with Gasteiger partial charge in [-0.15, -0.1) is 0 Å². The molecule has 2 aliphatic heterocycles. The third-order valence-corrected chi connectivity index (χ3v) is 6.49. The highest BCUT2D eigenvalue weighted by Crippen LogP contribution is 2.47. The molecule has 1 aromatic heterocycles. The van der Waals surface area contributed by atoms with Crippen molar-refractivity contribution in [3.8, 4) is 11.3 Å². The quantitative estimate of drug-likeness (QED) is 0.357. The Hall–Kier alpha value is -2.09. The Morgan fingerprint density at radius 3 is 2.54 bits per heavy atom. The number of hydrogen-bond acceptors (Lipinski definition) is 0. The van der Waals surface area contributed by atoms with E-state index in [0.29, 0.717) is 12.2 Å². The van der Waals surface area contributed by atoms with E-state index < -0.39 is 0 Å². The molecular formula is C26H35BN+. The number of rotatable bonds is 3. The Kier molecular flexibility index (Phi) is 5.45. The summed E-state index contributed by atoms with van der Waals surface area (Å²) in [5, 5.41) is 0.